The van der Waals surface area contributed by atoms with E-state index in [0.29, 0.717) is 6.04 Å². The summed E-state index contributed by atoms with van der Waals surface area (Å²) in [6.07, 6.45) is 13.2. The number of likely N-dealkylation sites (N-methyl/N-ethyl adjacent to an activating group) is 1. The monoisotopic (exact) mass is 405 g/mol. The quantitative estimate of drug-likeness (QED) is 0.752. The fourth-order valence-electron chi connectivity index (χ4n) is 5.70. The van der Waals surface area contributed by atoms with Gasteiger partial charge in [0, 0.05) is 39.0 Å². The van der Waals surface area contributed by atoms with Gasteiger partial charge in [0.05, 0.1) is 29.1 Å². The van der Waals surface area contributed by atoms with Crippen molar-refractivity contribution in [3.05, 3.63) is 71.2 Å². The molecule has 0 N–H and O–H groups in total. The summed E-state index contributed by atoms with van der Waals surface area (Å²) >= 11 is 0. The van der Waals surface area contributed by atoms with Crippen molar-refractivity contribution in [2.75, 3.05) is 27.2 Å². The third-order valence-electron chi connectivity index (χ3n) is 7.56. The molecule has 0 radical (unpaired) electrons. The Kier molecular flexibility index (Phi) is 4.73. The predicted molar refractivity (Wildman–Crippen MR) is 118 cm³/mol. The Balaban J connectivity index is 1.40. The van der Waals surface area contributed by atoms with Crippen LogP contribution in [0.3, 0.4) is 0 Å². The maximum absolute atomic E-state index is 13.1. The number of likely N-dealkylation sites (tertiary alicyclic amines) is 1. The molecule has 2 atom stereocenters. The van der Waals surface area contributed by atoms with Gasteiger partial charge in [-0.15, -0.1) is 0 Å². The highest BCUT2D eigenvalue weighted by molar-refractivity contribution is 5.94. The molecule has 2 fully saturated rings. The van der Waals surface area contributed by atoms with Crippen LogP contribution in [0.5, 0.6) is 0 Å². The van der Waals surface area contributed by atoms with Gasteiger partial charge in [0.15, 0.2) is 0 Å². The number of amides is 1. The Bertz CT molecular complexity index is 922. The second-order valence-electron chi connectivity index (χ2n) is 9.02. The Morgan fingerprint density at radius 3 is 2.53 bits per heavy atom. The van der Waals surface area contributed by atoms with Crippen LogP contribution in [0.15, 0.2) is 60.1 Å². The minimum Gasteiger partial charge on any atom is -0.377 e. The second-order valence-corrected chi connectivity index (χ2v) is 9.02. The first-order chi connectivity index (χ1) is 14.5. The number of ether oxygens (including phenoxy) is 1. The van der Waals surface area contributed by atoms with E-state index in [-0.39, 0.29) is 17.6 Å². The lowest BCUT2D eigenvalue weighted by atomic mass is 9.74. The fourth-order valence-corrected chi connectivity index (χ4v) is 5.70. The topological polar surface area (TPSA) is 36.0 Å². The van der Waals surface area contributed by atoms with Gasteiger partial charge in [0.2, 0.25) is 0 Å². The SMILES string of the molecule is COC1C=C2C(=CC1)N1C=CCC1C1(CCN(C(=O)c3ccc(C)cc3)CC1)N2C. The third kappa shape index (κ3) is 2.90. The number of rotatable bonds is 2. The Morgan fingerprint density at radius 1 is 1.10 bits per heavy atom. The summed E-state index contributed by atoms with van der Waals surface area (Å²) in [5, 5.41) is 0. The van der Waals surface area contributed by atoms with Crippen LogP contribution in [0.2, 0.25) is 0 Å². The van der Waals surface area contributed by atoms with E-state index in [1.165, 1.54) is 17.0 Å². The van der Waals surface area contributed by atoms with Crippen molar-refractivity contribution >= 4 is 5.91 Å². The molecule has 4 aliphatic rings. The minimum atomic E-state index is 0.0341. The van der Waals surface area contributed by atoms with E-state index < -0.39 is 0 Å². The number of aryl methyl sites for hydroxylation is 1. The number of piperidine rings is 1. The maximum Gasteiger partial charge on any atom is 0.253 e. The summed E-state index contributed by atoms with van der Waals surface area (Å²) in [4.78, 5) is 20.1. The van der Waals surface area contributed by atoms with Gasteiger partial charge in [0.25, 0.3) is 5.91 Å². The number of methoxy groups -OCH3 is 1. The number of hydrogen-bond acceptors (Lipinski definition) is 4. The lowest BCUT2D eigenvalue weighted by Crippen LogP contribution is -2.67. The van der Waals surface area contributed by atoms with E-state index in [4.69, 9.17) is 4.74 Å². The Morgan fingerprint density at radius 2 is 1.83 bits per heavy atom. The molecule has 0 aromatic heterocycles. The summed E-state index contributed by atoms with van der Waals surface area (Å²) < 4.78 is 5.64. The van der Waals surface area contributed by atoms with E-state index >= 15 is 0 Å². The summed E-state index contributed by atoms with van der Waals surface area (Å²) in [5.41, 5.74) is 4.59. The van der Waals surface area contributed by atoms with Crippen LogP contribution in [0, 0.1) is 6.92 Å². The van der Waals surface area contributed by atoms with Crippen molar-refractivity contribution in [2.24, 2.45) is 0 Å². The lowest BCUT2D eigenvalue weighted by molar-refractivity contribution is -0.0101. The summed E-state index contributed by atoms with van der Waals surface area (Å²) in [6.45, 7) is 3.64. The first-order valence-corrected chi connectivity index (χ1v) is 11.0. The van der Waals surface area contributed by atoms with Crippen LogP contribution >= 0.6 is 0 Å². The average Bonchev–Trinajstić information content (AvgIpc) is 3.28. The van der Waals surface area contributed by atoms with E-state index in [2.05, 4.69) is 48.2 Å². The number of benzene rings is 1. The average molecular weight is 406 g/mol. The van der Waals surface area contributed by atoms with Crippen molar-refractivity contribution in [1.29, 1.82) is 0 Å². The number of carbonyl (C=O) groups excluding carboxylic acids is 1. The van der Waals surface area contributed by atoms with Gasteiger partial charge in [-0.1, -0.05) is 29.8 Å². The van der Waals surface area contributed by atoms with E-state index in [0.717, 1.165) is 44.3 Å². The van der Waals surface area contributed by atoms with Crippen molar-refractivity contribution < 1.29 is 9.53 Å². The zero-order chi connectivity index (χ0) is 20.9. The van der Waals surface area contributed by atoms with Crippen LogP contribution in [0.4, 0.5) is 0 Å². The molecule has 1 spiro atoms. The first-order valence-electron chi connectivity index (χ1n) is 11.0. The third-order valence-corrected chi connectivity index (χ3v) is 7.56. The van der Waals surface area contributed by atoms with Crippen molar-refractivity contribution in [2.45, 2.75) is 50.3 Å². The van der Waals surface area contributed by atoms with Crippen LogP contribution in [0.25, 0.3) is 0 Å². The van der Waals surface area contributed by atoms with E-state index in [1.807, 2.05) is 29.2 Å². The van der Waals surface area contributed by atoms with Crippen LogP contribution < -0.4 is 0 Å². The molecule has 5 nitrogen and oxygen atoms in total. The molecule has 30 heavy (non-hydrogen) atoms. The summed E-state index contributed by atoms with van der Waals surface area (Å²) in [7, 11) is 4.03. The molecule has 158 valence electrons. The van der Waals surface area contributed by atoms with Crippen molar-refractivity contribution in [1.82, 2.24) is 14.7 Å². The molecule has 5 rings (SSSR count). The summed E-state index contributed by atoms with van der Waals surface area (Å²) in [5.74, 6) is 0.154. The van der Waals surface area contributed by atoms with Gasteiger partial charge in [-0.25, -0.2) is 0 Å². The first kappa shape index (κ1) is 19.4. The molecular weight excluding hydrogens is 374 g/mol. The van der Waals surface area contributed by atoms with Crippen LogP contribution in [0.1, 0.15) is 41.6 Å². The molecule has 1 aliphatic carbocycles. The van der Waals surface area contributed by atoms with Gasteiger partial charge in [-0.3, -0.25) is 4.79 Å². The summed E-state index contributed by atoms with van der Waals surface area (Å²) in [6, 6.07) is 8.37. The highest BCUT2D eigenvalue weighted by atomic mass is 16.5. The molecule has 3 heterocycles. The fraction of sp³-hybridized carbons (Fsp3) is 0.480. The molecule has 5 heteroatoms. The van der Waals surface area contributed by atoms with E-state index in [1.54, 1.807) is 7.11 Å². The number of fused-ring (bicyclic) bond motifs is 4. The Hall–Kier alpha value is -2.53. The predicted octanol–water partition coefficient (Wildman–Crippen LogP) is 3.69. The zero-order valence-corrected chi connectivity index (χ0v) is 18.2. The van der Waals surface area contributed by atoms with Crippen LogP contribution in [-0.4, -0.2) is 65.5 Å². The highest BCUT2D eigenvalue weighted by Gasteiger charge is 2.53. The largest absolute Gasteiger partial charge is 0.377 e. The lowest BCUT2D eigenvalue weighted by Gasteiger charge is -2.59. The standard InChI is InChI=1S/C25H31N3O2/c1-18-6-8-19(9-7-18)24(29)27-15-12-25(13-16-27)23-5-4-14-28(23)21-11-10-20(30-3)17-22(21)26(25)2/h4,6-9,11,14,17,20,23H,5,10,12-13,15-16H2,1-3H3. The molecule has 0 bridgehead atoms. The molecule has 3 aliphatic heterocycles. The molecule has 0 saturated carbocycles. The molecular formula is C25H31N3O2. The molecule has 1 amide bonds. The molecule has 1 aromatic carbocycles. The number of piperazine rings is 1. The number of nitrogens with zero attached hydrogens (tertiary/aromatic N) is 3. The van der Waals surface area contributed by atoms with Gasteiger partial charge in [-0.05, 0) is 50.8 Å². The van der Waals surface area contributed by atoms with Gasteiger partial charge in [-0.2, -0.15) is 0 Å². The van der Waals surface area contributed by atoms with Gasteiger partial charge in [0.1, 0.15) is 0 Å². The minimum absolute atomic E-state index is 0.0341. The Labute approximate surface area is 179 Å². The normalized spacial score (nSPS) is 27.0. The van der Waals surface area contributed by atoms with Crippen LogP contribution in [-0.2, 0) is 4.74 Å². The van der Waals surface area contributed by atoms with Gasteiger partial charge < -0.3 is 19.4 Å². The smallest absolute Gasteiger partial charge is 0.253 e. The number of carbonyl (C=O) groups is 1. The highest BCUT2D eigenvalue weighted by Crippen LogP contribution is 2.48. The zero-order valence-electron chi connectivity index (χ0n) is 18.2. The second kappa shape index (κ2) is 7.31. The maximum atomic E-state index is 13.1. The molecule has 1 aromatic rings. The van der Waals surface area contributed by atoms with Gasteiger partial charge >= 0.3 is 0 Å². The van der Waals surface area contributed by atoms with Crippen molar-refractivity contribution in [3.63, 3.8) is 0 Å². The number of hydrogen-bond donors (Lipinski definition) is 0. The molecule has 2 unspecified atom stereocenters. The molecule has 2 saturated heterocycles. The van der Waals surface area contributed by atoms with E-state index in [9.17, 15) is 4.79 Å². The van der Waals surface area contributed by atoms with Crippen molar-refractivity contribution in [3.8, 4) is 0 Å².